The van der Waals surface area contributed by atoms with Crippen LogP contribution in [0.2, 0.25) is 5.02 Å². The minimum absolute atomic E-state index is 0.188. The third-order valence-corrected chi connectivity index (χ3v) is 3.56. The van der Waals surface area contributed by atoms with E-state index in [1.54, 1.807) is 6.26 Å². The van der Waals surface area contributed by atoms with Gasteiger partial charge in [-0.2, -0.15) is 0 Å². The number of hydrogen-bond donors (Lipinski definition) is 1. The summed E-state index contributed by atoms with van der Waals surface area (Å²) in [6.07, 6.45) is 1.69. The highest BCUT2D eigenvalue weighted by molar-refractivity contribution is 9.10. The highest BCUT2D eigenvalue weighted by atomic mass is 79.9. The zero-order valence-electron chi connectivity index (χ0n) is 9.41. The number of nitrogens with one attached hydrogen (secondary N) is 1. The minimum Gasteiger partial charge on any atom is -0.468 e. The fourth-order valence-electron chi connectivity index (χ4n) is 1.57. The molecule has 1 aromatic carbocycles. The molecule has 0 bridgehead atoms. The summed E-state index contributed by atoms with van der Waals surface area (Å²) in [6, 6.07) is 9.85. The van der Waals surface area contributed by atoms with Gasteiger partial charge in [-0.25, -0.2) is 0 Å². The molecule has 1 aromatic heterocycles. The summed E-state index contributed by atoms with van der Waals surface area (Å²) in [5.74, 6) is 0.940. The summed E-state index contributed by atoms with van der Waals surface area (Å²) in [6.45, 7) is 2.84. The lowest BCUT2D eigenvalue weighted by Crippen LogP contribution is -2.17. The average molecular weight is 315 g/mol. The van der Waals surface area contributed by atoms with Gasteiger partial charge >= 0.3 is 0 Å². The van der Waals surface area contributed by atoms with Gasteiger partial charge in [-0.1, -0.05) is 33.6 Å². The van der Waals surface area contributed by atoms with E-state index >= 15 is 0 Å². The Morgan fingerprint density at radius 2 is 2.24 bits per heavy atom. The lowest BCUT2D eigenvalue weighted by molar-refractivity contribution is 0.430. The van der Waals surface area contributed by atoms with E-state index in [0.29, 0.717) is 0 Å². The van der Waals surface area contributed by atoms with Gasteiger partial charge in [-0.15, -0.1) is 0 Å². The second-order valence-electron chi connectivity index (χ2n) is 3.85. The second-order valence-corrected chi connectivity index (χ2v) is 5.14. The molecule has 0 aliphatic carbocycles. The molecule has 0 radical (unpaired) electrons. The predicted molar refractivity (Wildman–Crippen MR) is 73.1 cm³/mol. The van der Waals surface area contributed by atoms with Crippen LogP contribution in [0.15, 0.2) is 45.5 Å². The maximum Gasteiger partial charge on any atom is 0.120 e. The van der Waals surface area contributed by atoms with E-state index in [-0.39, 0.29) is 6.04 Å². The van der Waals surface area contributed by atoms with Gasteiger partial charge in [0.2, 0.25) is 0 Å². The zero-order chi connectivity index (χ0) is 12.3. The van der Waals surface area contributed by atoms with Gasteiger partial charge in [0.05, 0.1) is 12.3 Å². The van der Waals surface area contributed by atoms with Crippen molar-refractivity contribution in [2.45, 2.75) is 19.5 Å². The van der Waals surface area contributed by atoms with E-state index in [1.807, 2.05) is 30.3 Å². The molecular formula is C13H13BrClNO. The van der Waals surface area contributed by atoms with E-state index in [9.17, 15) is 0 Å². The van der Waals surface area contributed by atoms with Crippen molar-refractivity contribution < 1.29 is 4.42 Å². The van der Waals surface area contributed by atoms with Crippen LogP contribution in [0, 0.1) is 0 Å². The molecule has 2 rings (SSSR count). The molecule has 1 atom stereocenters. The maximum atomic E-state index is 5.90. The number of hydrogen-bond acceptors (Lipinski definition) is 2. The van der Waals surface area contributed by atoms with Crippen LogP contribution in [0.4, 0.5) is 0 Å². The van der Waals surface area contributed by atoms with Gasteiger partial charge in [0.1, 0.15) is 5.76 Å². The fourth-order valence-corrected chi connectivity index (χ4v) is 2.39. The highest BCUT2D eigenvalue weighted by Crippen LogP contribution is 2.22. The molecule has 90 valence electrons. The molecule has 1 heterocycles. The maximum absolute atomic E-state index is 5.90. The SMILES string of the molecule is CC(NCc1ccc(Cl)cc1Br)c1ccco1. The van der Waals surface area contributed by atoms with E-state index in [0.717, 1.165) is 21.8 Å². The molecule has 0 amide bonds. The Kier molecular flexibility index (Phi) is 4.26. The minimum atomic E-state index is 0.188. The van der Waals surface area contributed by atoms with Crippen molar-refractivity contribution in [3.8, 4) is 0 Å². The Morgan fingerprint density at radius 3 is 2.88 bits per heavy atom. The summed E-state index contributed by atoms with van der Waals surface area (Å²) in [4.78, 5) is 0. The molecular weight excluding hydrogens is 302 g/mol. The Hall–Kier alpha value is -0.770. The smallest absolute Gasteiger partial charge is 0.120 e. The molecule has 1 unspecified atom stereocenters. The van der Waals surface area contributed by atoms with Crippen LogP contribution in [0.25, 0.3) is 0 Å². The molecule has 4 heteroatoms. The largest absolute Gasteiger partial charge is 0.468 e. The Bertz CT molecular complexity index is 484. The summed E-state index contributed by atoms with van der Waals surface area (Å²) >= 11 is 9.39. The van der Waals surface area contributed by atoms with Gasteiger partial charge < -0.3 is 9.73 Å². The van der Waals surface area contributed by atoms with Crippen LogP contribution in [0.1, 0.15) is 24.3 Å². The molecule has 0 fully saturated rings. The Labute approximate surface area is 114 Å². The van der Waals surface area contributed by atoms with E-state index in [2.05, 4.69) is 28.2 Å². The standard InChI is InChI=1S/C13H13BrClNO/c1-9(13-3-2-6-17-13)16-8-10-4-5-11(15)7-12(10)14/h2-7,9,16H,8H2,1H3. The molecule has 0 aliphatic rings. The first-order valence-electron chi connectivity index (χ1n) is 5.37. The Morgan fingerprint density at radius 1 is 1.41 bits per heavy atom. The summed E-state index contributed by atoms with van der Waals surface area (Å²) in [5, 5.41) is 4.13. The van der Waals surface area contributed by atoms with Crippen molar-refractivity contribution in [2.75, 3.05) is 0 Å². The van der Waals surface area contributed by atoms with Gasteiger partial charge in [-0.05, 0) is 36.8 Å². The van der Waals surface area contributed by atoms with Crippen LogP contribution in [-0.4, -0.2) is 0 Å². The lowest BCUT2D eigenvalue weighted by atomic mass is 10.2. The zero-order valence-corrected chi connectivity index (χ0v) is 11.8. The summed E-state index contributed by atoms with van der Waals surface area (Å²) in [5.41, 5.74) is 1.17. The van der Waals surface area contributed by atoms with Crippen molar-refractivity contribution in [3.05, 3.63) is 57.4 Å². The normalized spacial score (nSPS) is 12.6. The fraction of sp³-hybridized carbons (Fsp3) is 0.231. The quantitative estimate of drug-likeness (QED) is 0.896. The average Bonchev–Trinajstić information content (AvgIpc) is 2.81. The molecule has 0 aliphatic heterocycles. The van der Waals surface area contributed by atoms with Crippen molar-refractivity contribution in [1.29, 1.82) is 0 Å². The molecule has 0 saturated carbocycles. The van der Waals surface area contributed by atoms with E-state index in [4.69, 9.17) is 16.0 Å². The summed E-state index contributed by atoms with van der Waals surface area (Å²) in [7, 11) is 0. The van der Waals surface area contributed by atoms with Gasteiger partial charge in [0.25, 0.3) is 0 Å². The van der Waals surface area contributed by atoms with Crippen LogP contribution in [-0.2, 0) is 6.54 Å². The summed E-state index contributed by atoms with van der Waals surface area (Å²) < 4.78 is 6.36. The second kappa shape index (κ2) is 5.71. The third kappa shape index (κ3) is 3.35. The number of rotatable bonds is 4. The Balaban J connectivity index is 1.98. The van der Waals surface area contributed by atoms with E-state index in [1.165, 1.54) is 5.56 Å². The van der Waals surface area contributed by atoms with Crippen molar-refractivity contribution in [2.24, 2.45) is 0 Å². The van der Waals surface area contributed by atoms with Crippen LogP contribution >= 0.6 is 27.5 Å². The molecule has 0 saturated heterocycles. The van der Waals surface area contributed by atoms with Gasteiger partial charge in [-0.3, -0.25) is 0 Å². The predicted octanol–water partition coefficient (Wildman–Crippen LogP) is 4.55. The van der Waals surface area contributed by atoms with Crippen molar-refractivity contribution in [1.82, 2.24) is 5.32 Å². The first-order chi connectivity index (χ1) is 8.16. The number of benzene rings is 1. The van der Waals surface area contributed by atoms with Crippen LogP contribution < -0.4 is 5.32 Å². The number of halogens is 2. The van der Waals surface area contributed by atoms with E-state index < -0.39 is 0 Å². The van der Waals surface area contributed by atoms with Gasteiger partial charge in [0, 0.05) is 16.0 Å². The first kappa shape index (κ1) is 12.7. The molecule has 0 spiro atoms. The van der Waals surface area contributed by atoms with Crippen LogP contribution in [0.3, 0.4) is 0 Å². The topological polar surface area (TPSA) is 25.2 Å². The molecule has 17 heavy (non-hydrogen) atoms. The molecule has 1 N–H and O–H groups in total. The van der Waals surface area contributed by atoms with Crippen molar-refractivity contribution in [3.63, 3.8) is 0 Å². The molecule has 2 aromatic rings. The van der Waals surface area contributed by atoms with Crippen molar-refractivity contribution >= 4 is 27.5 Å². The van der Waals surface area contributed by atoms with Gasteiger partial charge in [0.15, 0.2) is 0 Å². The van der Waals surface area contributed by atoms with Crippen LogP contribution in [0.5, 0.6) is 0 Å². The third-order valence-electron chi connectivity index (χ3n) is 2.58. The monoisotopic (exact) mass is 313 g/mol. The first-order valence-corrected chi connectivity index (χ1v) is 6.54. The molecule has 2 nitrogen and oxygen atoms in total. The lowest BCUT2D eigenvalue weighted by Gasteiger charge is -2.12. The highest BCUT2D eigenvalue weighted by Gasteiger charge is 2.08. The number of furan rings is 1.